The number of hydrogen-bond donors (Lipinski definition) is 1. The van der Waals surface area contributed by atoms with Crippen LogP contribution in [0, 0.1) is 0 Å². The minimum atomic E-state index is -0.150. The van der Waals surface area contributed by atoms with Gasteiger partial charge in [-0.05, 0) is 32.9 Å². The predicted octanol–water partition coefficient (Wildman–Crippen LogP) is 1.08. The van der Waals surface area contributed by atoms with Crippen molar-refractivity contribution >= 4 is 24.0 Å². The third-order valence-corrected chi connectivity index (χ3v) is 1.72. The van der Waals surface area contributed by atoms with Crippen molar-refractivity contribution in [1.82, 2.24) is 4.90 Å². The molecule has 1 N–H and O–H groups in total. The average Bonchev–Trinajstić information content (AvgIpc) is 2.15. The number of halogens is 1. The van der Waals surface area contributed by atoms with Gasteiger partial charge in [0.2, 0.25) is 0 Å². The lowest BCUT2D eigenvalue weighted by molar-refractivity contribution is 0.141. The van der Waals surface area contributed by atoms with Gasteiger partial charge in [0.05, 0.1) is 6.10 Å². The Morgan fingerprint density at radius 2 is 1.90 bits per heavy atom. The van der Waals surface area contributed by atoms with E-state index in [1.54, 1.807) is 0 Å². The molecule has 0 aromatic carbocycles. The Hall–Kier alpha value is 0.650. The number of hydrogen-bond acceptors (Lipinski definition) is 2. The molecule has 0 bridgehead atoms. The van der Waals surface area contributed by atoms with Crippen molar-refractivity contribution in [2.24, 2.45) is 0 Å². The Balaban J connectivity index is 0.000000810. The normalized spacial score (nSPS) is 22.2. The van der Waals surface area contributed by atoms with Gasteiger partial charge >= 0.3 is 0 Å². The fraction of sp³-hybridized carbons (Fsp3) is 1.00. The molecule has 1 aliphatic heterocycles. The minimum Gasteiger partial charge on any atom is -0.392 e. The molecule has 0 aromatic heterocycles. The van der Waals surface area contributed by atoms with Crippen LogP contribution in [0.25, 0.3) is 0 Å². The Morgan fingerprint density at radius 3 is 2.30 bits per heavy atom. The van der Waals surface area contributed by atoms with E-state index in [-0.39, 0.29) is 30.1 Å². The first-order chi connectivity index (χ1) is 4.29. The van der Waals surface area contributed by atoms with Crippen LogP contribution < -0.4 is 0 Å². The molecule has 1 fully saturated rings. The number of rotatable bonds is 2. The summed E-state index contributed by atoms with van der Waals surface area (Å²) in [5, 5.41) is 8.97. The standard InChI is InChI=1S/C7H15NO.HI/c1-7(9)6-8-4-2-3-5-8;/h7,9H,2-6H2,1H3;1H. The quantitative estimate of drug-likeness (QED) is 0.748. The molecule has 0 saturated carbocycles. The molecule has 1 saturated heterocycles. The maximum absolute atomic E-state index is 8.97. The Labute approximate surface area is 79.6 Å². The van der Waals surface area contributed by atoms with E-state index in [9.17, 15) is 0 Å². The van der Waals surface area contributed by atoms with Crippen molar-refractivity contribution in [3.63, 3.8) is 0 Å². The first-order valence-corrected chi connectivity index (χ1v) is 3.69. The third kappa shape index (κ3) is 3.73. The van der Waals surface area contributed by atoms with Crippen LogP contribution in [0.5, 0.6) is 0 Å². The van der Waals surface area contributed by atoms with Crippen LogP contribution in [0.1, 0.15) is 19.8 Å². The monoisotopic (exact) mass is 257 g/mol. The maximum atomic E-state index is 8.97. The predicted molar refractivity (Wildman–Crippen MR) is 52.8 cm³/mol. The number of nitrogens with zero attached hydrogens (tertiary/aromatic N) is 1. The van der Waals surface area contributed by atoms with Crippen molar-refractivity contribution in [1.29, 1.82) is 0 Å². The van der Waals surface area contributed by atoms with E-state index in [1.165, 1.54) is 25.9 Å². The first kappa shape index (κ1) is 10.7. The number of β-amino-alcohol motifs (C(OH)–C–C–N with tert-alkyl or cyclic N) is 1. The van der Waals surface area contributed by atoms with Crippen LogP contribution in [0.3, 0.4) is 0 Å². The third-order valence-electron chi connectivity index (χ3n) is 1.72. The van der Waals surface area contributed by atoms with Crippen LogP contribution in [-0.4, -0.2) is 35.7 Å². The topological polar surface area (TPSA) is 23.5 Å². The number of aliphatic hydroxyl groups excluding tert-OH is 1. The van der Waals surface area contributed by atoms with Crippen LogP contribution in [-0.2, 0) is 0 Å². The number of likely N-dealkylation sites (tertiary alicyclic amines) is 1. The van der Waals surface area contributed by atoms with Gasteiger partial charge in [0, 0.05) is 6.54 Å². The van der Waals surface area contributed by atoms with Gasteiger partial charge in [0.1, 0.15) is 0 Å². The molecule has 1 rings (SSSR count). The molecule has 0 spiro atoms. The highest BCUT2D eigenvalue weighted by molar-refractivity contribution is 14.0. The highest BCUT2D eigenvalue weighted by atomic mass is 127. The summed E-state index contributed by atoms with van der Waals surface area (Å²) in [7, 11) is 0. The largest absolute Gasteiger partial charge is 0.392 e. The average molecular weight is 257 g/mol. The molecular formula is C7H16INO. The zero-order chi connectivity index (χ0) is 6.69. The second-order valence-electron chi connectivity index (χ2n) is 2.86. The summed E-state index contributed by atoms with van der Waals surface area (Å²) in [5.41, 5.74) is 0. The van der Waals surface area contributed by atoms with Gasteiger partial charge in [0.15, 0.2) is 0 Å². The summed E-state index contributed by atoms with van der Waals surface area (Å²) < 4.78 is 0. The first-order valence-electron chi connectivity index (χ1n) is 3.69. The van der Waals surface area contributed by atoms with E-state index in [4.69, 9.17) is 5.11 Å². The van der Waals surface area contributed by atoms with Crippen molar-refractivity contribution in [3.05, 3.63) is 0 Å². The maximum Gasteiger partial charge on any atom is 0.0639 e. The lowest BCUT2D eigenvalue weighted by Crippen LogP contribution is -2.27. The summed E-state index contributed by atoms with van der Waals surface area (Å²) in [6.45, 7) is 5.08. The van der Waals surface area contributed by atoms with E-state index < -0.39 is 0 Å². The van der Waals surface area contributed by atoms with Crippen LogP contribution in [0.4, 0.5) is 0 Å². The summed E-state index contributed by atoms with van der Waals surface area (Å²) in [4.78, 5) is 2.31. The van der Waals surface area contributed by atoms with Crippen molar-refractivity contribution < 1.29 is 5.11 Å². The van der Waals surface area contributed by atoms with Gasteiger partial charge in [-0.15, -0.1) is 24.0 Å². The van der Waals surface area contributed by atoms with Gasteiger partial charge < -0.3 is 10.0 Å². The van der Waals surface area contributed by atoms with Gasteiger partial charge in [-0.25, -0.2) is 0 Å². The van der Waals surface area contributed by atoms with Gasteiger partial charge in [-0.3, -0.25) is 0 Å². The molecule has 62 valence electrons. The molecule has 1 heterocycles. The smallest absolute Gasteiger partial charge is 0.0639 e. The SMILES string of the molecule is CC(O)CN1CCCC1.I. The molecule has 0 aliphatic carbocycles. The van der Waals surface area contributed by atoms with Crippen molar-refractivity contribution in [3.8, 4) is 0 Å². The fourth-order valence-electron chi connectivity index (χ4n) is 1.34. The molecule has 0 aromatic rings. The Bertz CT molecular complexity index is 81.7. The molecule has 0 radical (unpaired) electrons. The highest BCUT2D eigenvalue weighted by Crippen LogP contribution is 2.06. The van der Waals surface area contributed by atoms with Crippen LogP contribution >= 0.6 is 24.0 Å². The summed E-state index contributed by atoms with van der Waals surface area (Å²) >= 11 is 0. The van der Waals surface area contributed by atoms with Crippen LogP contribution in [0.15, 0.2) is 0 Å². The molecule has 1 unspecified atom stereocenters. The molecular weight excluding hydrogens is 241 g/mol. The zero-order valence-corrected chi connectivity index (χ0v) is 8.75. The highest BCUT2D eigenvalue weighted by Gasteiger charge is 2.12. The van der Waals surface area contributed by atoms with E-state index >= 15 is 0 Å². The molecule has 3 heteroatoms. The van der Waals surface area contributed by atoms with E-state index in [0.29, 0.717) is 0 Å². The minimum absolute atomic E-state index is 0. The summed E-state index contributed by atoms with van der Waals surface area (Å²) in [5.74, 6) is 0. The van der Waals surface area contributed by atoms with E-state index in [2.05, 4.69) is 4.90 Å². The lowest BCUT2D eigenvalue weighted by Gasteiger charge is -2.15. The van der Waals surface area contributed by atoms with Crippen LogP contribution in [0.2, 0.25) is 0 Å². The van der Waals surface area contributed by atoms with E-state index in [1.807, 2.05) is 6.92 Å². The van der Waals surface area contributed by atoms with Gasteiger partial charge in [-0.2, -0.15) is 0 Å². The Kier molecular flexibility index (Phi) is 5.67. The van der Waals surface area contributed by atoms with Gasteiger partial charge in [0.25, 0.3) is 0 Å². The second-order valence-corrected chi connectivity index (χ2v) is 2.86. The van der Waals surface area contributed by atoms with Crippen molar-refractivity contribution in [2.75, 3.05) is 19.6 Å². The molecule has 1 aliphatic rings. The van der Waals surface area contributed by atoms with Crippen molar-refractivity contribution in [2.45, 2.75) is 25.9 Å². The summed E-state index contributed by atoms with van der Waals surface area (Å²) in [6.07, 6.45) is 2.47. The fourth-order valence-corrected chi connectivity index (χ4v) is 1.34. The second kappa shape index (κ2) is 5.32. The molecule has 0 amide bonds. The lowest BCUT2D eigenvalue weighted by atomic mass is 10.4. The molecule has 10 heavy (non-hydrogen) atoms. The van der Waals surface area contributed by atoms with Gasteiger partial charge in [-0.1, -0.05) is 0 Å². The Morgan fingerprint density at radius 1 is 1.40 bits per heavy atom. The zero-order valence-electron chi connectivity index (χ0n) is 6.42. The molecule has 1 atom stereocenters. The summed E-state index contributed by atoms with van der Waals surface area (Å²) in [6, 6.07) is 0. The van der Waals surface area contributed by atoms with E-state index in [0.717, 1.165) is 6.54 Å². The molecule has 2 nitrogen and oxygen atoms in total. The number of aliphatic hydroxyl groups is 1.